The highest BCUT2D eigenvalue weighted by Crippen LogP contribution is 2.08. The number of benzene rings is 2. The number of carbonyl (C=O) groups is 2. The summed E-state index contributed by atoms with van der Waals surface area (Å²) in [6, 6.07) is 15.3. The van der Waals surface area contributed by atoms with Crippen molar-refractivity contribution in [2.24, 2.45) is 11.7 Å². The van der Waals surface area contributed by atoms with Crippen molar-refractivity contribution in [3.8, 4) is 0 Å². The second-order valence-electron chi connectivity index (χ2n) is 6.12. The minimum atomic E-state index is -0.931. The second-order valence-corrected chi connectivity index (χ2v) is 6.12. The lowest BCUT2D eigenvalue weighted by molar-refractivity contribution is -0.135. The van der Waals surface area contributed by atoms with Gasteiger partial charge >= 0.3 is 0 Å². The normalized spacial score (nSPS) is 11.3. The first-order valence-corrected chi connectivity index (χ1v) is 8.75. The highest BCUT2D eigenvalue weighted by atomic mass is 16.2. The lowest BCUT2D eigenvalue weighted by Gasteiger charge is -2.15. The average molecular weight is 363 g/mol. The third-order valence-corrected chi connectivity index (χ3v) is 4.20. The molecule has 4 N–H and O–H groups in total. The van der Waals surface area contributed by atoms with Crippen LogP contribution in [0.1, 0.15) is 22.3 Å². The lowest BCUT2D eigenvalue weighted by atomic mass is 10.1. The quantitative estimate of drug-likeness (QED) is 0.599. The van der Waals surface area contributed by atoms with Crippen molar-refractivity contribution in [2.75, 3.05) is 6.54 Å². The van der Waals surface area contributed by atoms with Gasteiger partial charge in [0.15, 0.2) is 0 Å². The molecule has 2 aromatic carbocycles. The van der Waals surface area contributed by atoms with Gasteiger partial charge in [0.05, 0.1) is 0 Å². The first-order valence-electron chi connectivity index (χ1n) is 8.75. The van der Waals surface area contributed by atoms with Gasteiger partial charge in [-0.05, 0) is 28.3 Å². The predicted molar refractivity (Wildman–Crippen MR) is 109 cm³/mol. The standard InChI is InChI=1S/C22H25N3O2/c1-3-16-8-10-18(11-9-16)14-24-21(26)20(13-23)22(27)25-15-19-7-5-6-17(4-2)12-19/h3-12,20H,1-2,13-15,23H2,(H,24,26)(H,25,27). The molecule has 0 aliphatic rings. The molecule has 1 atom stereocenters. The zero-order valence-corrected chi connectivity index (χ0v) is 15.3. The first kappa shape index (κ1) is 20.1. The average Bonchev–Trinajstić information content (AvgIpc) is 2.71. The van der Waals surface area contributed by atoms with E-state index in [0.29, 0.717) is 13.1 Å². The Hall–Kier alpha value is -3.18. The van der Waals surface area contributed by atoms with Crippen molar-refractivity contribution < 1.29 is 9.59 Å². The van der Waals surface area contributed by atoms with Crippen molar-refractivity contribution in [1.82, 2.24) is 10.6 Å². The van der Waals surface area contributed by atoms with Gasteiger partial charge in [0.2, 0.25) is 11.8 Å². The van der Waals surface area contributed by atoms with Crippen LogP contribution in [0.5, 0.6) is 0 Å². The second kappa shape index (κ2) is 10.1. The van der Waals surface area contributed by atoms with Gasteiger partial charge in [0, 0.05) is 19.6 Å². The van der Waals surface area contributed by atoms with Crippen molar-refractivity contribution in [3.63, 3.8) is 0 Å². The van der Waals surface area contributed by atoms with Crippen molar-refractivity contribution in [2.45, 2.75) is 13.1 Å². The van der Waals surface area contributed by atoms with Gasteiger partial charge < -0.3 is 16.4 Å². The Labute approximate surface area is 160 Å². The molecule has 0 spiro atoms. The smallest absolute Gasteiger partial charge is 0.234 e. The molecule has 5 heteroatoms. The Morgan fingerprint density at radius 3 is 2.04 bits per heavy atom. The van der Waals surface area contributed by atoms with E-state index in [4.69, 9.17) is 5.73 Å². The van der Waals surface area contributed by atoms with Crippen LogP contribution < -0.4 is 16.4 Å². The van der Waals surface area contributed by atoms with Crippen molar-refractivity contribution in [1.29, 1.82) is 0 Å². The van der Waals surface area contributed by atoms with E-state index in [0.717, 1.165) is 22.3 Å². The molecule has 0 bridgehead atoms. The fourth-order valence-electron chi connectivity index (χ4n) is 2.56. The summed E-state index contributed by atoms with van der Waals surface area (Å²) in [6.07, 6.45) is 3.49. The lowest BCUT2D eigenvalue weighted by Crippen LogP contribution is -2.44. The molecule has 2 rings (SSSR count). The molecular weight excluding hydrogens is 338 g/mol. The molecule has 0 saturated carbocycles. The predicted octanol–water partition coefficient (Wildman–Crippen LogP) is 2.48. The number of carbonyl (C=O) groups excluding carboxylic acids is 2. The zero-order chi connectivity index (χ0) is 19.6. The highest BCUT2D eigenvalue weighted by molar-refractivity contribution is 6.00. The molecule has 2 amide bonds. The summed E-state index contributed by atoms with van der Waals surface area (Å²) >= 11 is 0. The van der Waals surface area contributed by atoms with E-state index >= 15 is 0 Å². The Kier molecular flexibility index (Phi) is 7.52. The van der Waals surface area contributed by atoms with Gasteiger partial charge in [0.1, 0.15) is 5.92 Å². The molecule has 5 nitrogen and oxygen atoms in total. The van der Waals surface area contributed by atoms with Crippen LogP contribution in [-0.2, 0) is 22.7 Å². The molecule has 2 aromatic rings. The minimum absolute atomic E-state index is 0.0558. The molecule has 0 saturated heterocycles. The maximum absolute atomic E-state index is 12.4. The molecule has 0 aromatic heterocycles. The molecule has 0 heterocycles. The fraction of sp³-hybridized carbons (Fsp3) is 0.182. The molecular formula is C22H25N3O2. The van der Waals surface area contributed by atoms with E-state index < -0.39 is 5.92 Å². The van der Waals surface area contributed by atoms with E-state index in [-0.39, 0.29) is 18.4 Å². The number of nitrogens with one attached hydrogen (secondary N) is 2. The molecule has 0 aliphatic heterocycles. The summed E-state index contributed by atoms with van der Waals surface area (Å²) in [5, 5.41) is 5.54. The maximum Gasteiger partial charge on any atom is 0.234 e. The van der Waals surface area contributed by atoms with Crippen LogP contribution >= 0.6 is 0 Å². The van der Waals surface area contributed by atoms with Crippen molar-refractivity contribution >= 4 is 24.0 Å². The van der Waals surface area contributed by atoms with E-state index in [1.807, 2.05) is 48.5 Å². The van der Waals surface area contributed by atoms with Crippen LogP contribution in [-0.4, -0.2) is 18.4 Å². The van der Waals surface area contributed by atoms with Gasteiger partial charge in [-0.25, -0.2) is 0 Å². The SMILES string of the molecule is C=Cc1ccc(CNC(=O)C(CN)C(=O)NCc2cccc(C=C)c2)cc1. The first-order chi connectivity index (χ1) is 13.1. The minimum Gasteiger partial charge on any atom is -0.351 e. The summed E-state index contributed by atoms with van der Waals surface area (Å²) in [5.74, 6) is -1.70. The summed E-state index contributed by atoms with van der Waals surface area (Å²) in [7, 11) is 0. The summed E-state index contributed by atoms with van der Waals surface area (Å²) in [6.45, 7) is 8.04. The van der Waals surface area contributed by atoms with Crippen molar-refractivity contribution in [3.05, 3.63) is 83.9 Å². The third kappa shape index (κ3) is 5.94. The number of amides is 2. The Morgan fingerprint density at radius 1 is 0.889 bits per heavy atom. The van der Waals surface area contributed by atoms with E-state index in [1.54, 1.807) is 12.2 Å². The Bertz CT molecular complexity index is 813. The fourth-order valence-corrected chi connectivity index (χ4v) is 2.56. The van der Waals surface area contributed by atoms with E-state index in [9.17, 15) is 9.59 Å². The van der Waals surface area contributed by atoms with Gasteiger partial charge in [0.25, 0.3) is 0 Å². The number of hydrogen-bond acceptors (Lipinski definition) is 3. The summed E-state index contributed by atoms with van der Waals surface area (Å²) in [4.78, 5) is 24.7. The highest BCUT2D eigenvalue weighted by Gasteiger charge is 2.24. The van der Waals surface area contributed by atoms with Crippen LogP contribution in [0.15, 0.2) is 61.7 Å². The largest absolute Gasteiger partial charge is 0.351 e. The Balaban J connectivity index is 1.89. The Morgan fingerprint density at radius 2 is 1.48 bits per heavy atom. The molecule has 0 aliphatic carbocycles. The summed E-state index contributed by atoms with van der Waals surface area (Å²) in [5.41, 5.74) is 9.49. The summed E-state index contributed by atoms with van der Waals surface area (Å²) < 4.78 is 0. The number of hydrogen-bond donors (Lipinski definition) is 3. The monoisotopic (exact) mass is 363 g/mol. The third-order valence-electron chi connectivity index (χ3n) is 4.20. The van der Waals surface area contributed by atoms with Gasteiger partial charge in [-0.15, -0.1) is 0 Å². The van der Waals surface area contributed by atoms with Crippen LogP contribution in [0.2, 0.25) is 0 Å². The van der Waals surface area contributed by atoms with Gasteiger partial charge in [-0.2, -0.15) is 0 Å². The van der Waals surface area contributed by atoms with Gasteiger partial charge in [-0.3, -0.25) is 9.59 Å². The molecule has 140 valence electrons. The topological polar surface area (TPSA) is 84.2 Å². The van der Waals surface area contributed by atoms with E-state index in [1.165, 1.54) is 0 Å². The van der Waals surface area contributed by atoms with Crippen LogP contribution in [0.3, 0.4) is 0 Å². The number of nitrogens with two attached hydrogens (primary N) is 1. The molecule has 1 unspecified atom stereocenters. The van der Waals surface area contributed by atoms with Gasteiger partial charge in [-0.1, -0.05) is 67.8 Å². The maximum atomic E-state index is 12.4. The van der Waals surface area contributed by atoms with E-state index in [2.05, 4.69) is 23.8 Å². The van der Waals surface area contributed by atoms with Crippen LogP contribution in [0.4, 0.5) is 0 Å². The van der Waals surface area contributed by atoms with Crippen LogP contribution in [0, 0.1) is 5.92 Å². The molecule has 0 fully saturated rings. The molecule has 27 heavy (non-hydrogen) atoms. The van der Waals surface area contributed by atoms with Crippen LogP contribution in [0.25, 0.3) is 12.2 Å². The number of rotatable bonds is 9. The molecule has 0 radical (unpaired) electrons. The zero-order valence-electron chi connectivity index (χ0n) is 15.3.